The summed E-state index contributed by atoms with van der Waals surface area (Å²) in [4.78, 5) is 4.73. The molecule has 0 aliphatic heterocycles. The lowest BCUT2D eigenvalue weighted by molar-refractivity contribution is 0.307. The van der Waals surface area contributed by atoms with E-state index < -0.39 is 0 Å². The van der Waals surface area contributed by atoms with Gasteiger partial charge >= 0.3 is 0 Å². The van der Waals surface area contributed by atoms with Gasteiger partial charge in [-0.05, 0) is 42.0 Å². The lowest BCUT2D eigenvalue weighted by atomic mass is 10.2. The fraction of sp³-hybridized carbons (Fsp3) is 0.0500. The first-order chi connectivity index (χ1) is 11.8. The van der Waals surface area contributed by atoms with E-state index in [4.69, 9.17) is 21.3 Å². The van der Waals surface area contributed by atoms with Crippen LogP contribution in [0.2, 0.25) is 5.02 Å². The van der Waals surface area contributed by atoms with Gasteiger partial charge in [0.05, 0.1) is 15.8 Å². The van der Waals surface area contributed by atoms with Crippen LogP contribution >= 0.6 is 22.9 Å². The number of halogens is 1. The molecule has 0 radical (unpaired) electrons. The van der Waals surface area contributed by atoms with Crippen LogP contribution in [-0.4, -0.2) is 4.98 Å². The number of nitrogens with zero attached hydrogens (tertiary/aromatic N) is 1. The molecule has 0 aliphatic carbocycles. The first kappa shape index (κ1) is 15.2. The fourth-order valence-electron chi connectivity index (χ4n) is 2.54. The van der Waals surface area contributed by atoms with Crippen molar-refractivity contribution in [2.75, 3.05) is 0 Å². The van der Waals surface area contributed by atoms with Crippen molar-refractivity contribution in [1.29, 1.82) is 0 Å². The number of rotatable bonds is 4. The van der Waals surface area contributed by atoms with Gasteiger partial charge < -0.3 is 4.74 Å². The van der Waals surface area contributed by atoms with Crippen LogP contribution in [-0.2, 0) is 6.61 Å². The number of thiazole rings is 1. The van der Waals surface area contributed by atoms with E-state index in [1.807, 2.05) is 66.7 Å². The molecule has 24 heavy (non-hydrogen) atoms. The monoisotopic (exact) mass is 351 g/mol. The normalized spacial score (nSPS) is 10.9. The lowest BCUT2D eigenvalue weighted by Crippen LogP contribution is -1.96. The highest BCUT2D eigenvalue weighted by Gasteiger charge is 2.11. The molecule has 0 aliphatic rings. The third-order valence-electron chi connectivity index (χ3n) is 3.69. The second-order valence-corrected chi connectivity index (χ2v) is 6.87. The molecule has 1 heterocycles. The molecule has 1 aromatic heterocycles. The summed E-state index contributed by atoms with van der Waals surface area (Å²) in [7, 11) is 0. The van der Waals surface area contributed by atoms with Gasteiger partial charge in [0, 0.05) is 5.02 Å². The first-order valence-corrected chi connectivity index (χ1v) is 8.81. The van der Waals surface area contributed by atoms with E-state index in [2.05, 4.69) is 6.07 Å². The molecule has 0 N–H and O–H groups in total. The zero-order chi connectivity index (χ0) is 16.4. The Morgan fingerprint density at radius 2 is 1.75 bits per heavy atom. The highest BCUT2D eigenvalue weighted by atomic mass is 35.5. The van der Waals surface area contributed by atoms with Crippen molar-refractivity contribution in [3.05, 3.63) is 83.4 Å². The van der Waals surface area contributed by atoms with Crippen molar-refractivity contribution < 1.29 is 4.74 Å². The van der Waals surface area contributed by atoms with Gasteiger partial charge in [-0.1, -0.05) is 48.0 Å². The lowest BCUT2D eigenvalue weighted by Gasteiger charge is -2.10. The van der Waals surface area contributed by atoms with Crippen molar-refractivity contribution >= 4 is 33.2 Å². The van der Waals surface area contributed by atoms with E-state index in [9.17, 15) is 0 Å². The van der Waals surface area contributed by atoms with Crippen LogP contribution in [0.1, 0.15) is 5.56 Å². The average molecular weight is 352 g/mol. The van der Waals surface area contributed by atoms with Gasteiger partial charge in [-0.2, -0.15) is 0 Å². The molecule has 2 nitrogen and oxygen atoms in total. The molecule has 0 amide bonds. The van der Waals surface area contributed by atoms with Gasteiger partial charge in [-0.15, -0.1) is 11.3 Å². The number of para-hydroxylation sites is 2. The van der Waals surface area contributed by atoms with Gasteiger partial charge in [0.15, 0.2) is 0 Å². The maximum atomic E-state index is 6.04. The number of fused-ring (bicyclic) bond motifs is 1. The molecule has 4 rings (SSSR count). The van der Waals surface area contributed by atoms with Gasteiger partial charge in [0.25, 0.3) is 0 Å². The minimum atomic E-state index is 0.475. The second kappa shape index (κ2) is 6.63. The molecule has 0 bridgehead atoms. The van der Waals surface area contributed by atoms with E-state index in [-0.39, 0.29) is 0 Å². The smallest absolute Gasteiger partial charge is 0.130 e. The largest absolute Gasteiger partial charge is 0.488 e. The standard InChI is InChI=1S/C20H14ClNOS/c21-15-7-5-6-14(12-15)13-23-18-10-3-1-8-16(18)20-22-17-9-2-4-11-19(17)24-20/h1-12H,13H2. The topological polar surface area (TPSA) is 22.1 Å². The van der Waals surface area contributed by atoms with Crippen molar-refractivity contribution in [3.8, 4) is 16.3 Å². The van der Waals surface area contributed by atoms with Crippen LogP contribution < -0.4 is 4.74 Å². The Hall–Kier alpha value is -2.36. The summed E-state index contributed by atoms with van der Waals surface area (Å²) in [5.74, 6) is 0.830. The summed E-state index contributed by atoms with van der Waals surface area (Å²) in [6.07, 6.45) is 0. The van der Waals surface area contributed by atoms with Crippen molar-refractivity contribution in [1.82, 2.24) is 4.98 Å². The third kappa shape index (κ3) is 3.14. The van der Waals surface area contributed by atoms with Crippen LogP contribution in [0.25, 0.3) is 20.8 Å². The van der Waals surface area contributed by atoms with Crippen LogP contribution in [0.4, 0.5) is 0 Å². The summed E-state index contributed by atoms with van der Waals surface area (Å²) < 4.78 is 7.21. The first-order valence-electron chi connectivity index (χ1n) is 7.62. The summed E-state index contributed by atoms with van der Waals surface area (Å²) in [5, 5.41) is 1.69. The summed E-state index contributed by atoms with van der Waals surface area (Å²) in [6, 6.07) is 23.9. The maximum Gasteiger partial charge on any atom is 0.130 e. The molecular formula is C20H14ClNOS. The Morgan fingerprint density at radius 3 is 2.62 bits per heavy atom. The zero-order valence-electron chi connectivity index (χ0n) is 12.8. The molecule has 0 saturated heterocycles. The summed E-state index contributed by atoms with van der Waals surface area (Å²) >= 11 is 7.71. The highest BCUT2D eigenvalue weighted by Crippen LogP contribution is 2.35. The Bertz CT molecular complexity index is 963. The number of benzene rings is 3. The molecule has 4 heteroatoms. The van der Waals surface area contributed by atoms with Crippen LogP contribution in [0, 0.1) is 0 Å². The molecule has 4 aromatic rings. The zero-order valence-corrected chi connectivity index (χ0v) is 14.3. The molecule has 0 atom stereocenters. The van der Waals surface area contributed by atoms with Gasteiger partial charge in [0.2, 0.25) is 0 Å². The van der Waals surface area contributed by atoms with E-state index in [1.165, 1.54) is 4.70 Å². The van der Waals surface area contributed by atoms with E-state index in [0.29, 0.717) is 6.61 Å². The fourth-order valence-corrected chi connectivity index (χ4v) is 3.75. The van der Waals surface area contributed by atoms with Crippen LogP contribution in [0.3, 0.4) is 0 Å². The molecule has 0 unspecified atom stereocenters. The summed E-state index contributed by atoms with van der Waals surface area (Å²) in [6.45, 7) is 0.475. The highest BCUT2D eigenvalue weighted by molar-refractivity contribution is 7.21. The Balaban J connectivity index is 1.65. The molecular weight excluding hydrogens is 338 g/mol. The molecule has 0 spiro atoms. The van der Waals surface area contributed by atoms with Crippen molar-refractivity contribution in [2.45, 2.75) is 6.61 Å². The van der Waals surface area contributed by atoms with Gasteiger partial charge in [0.1, 0.15) is 17.4 Å². The van der Waals surface area contributed by atoms with E-state index >= 15 is 0 Å². The number of hydrogen-bond donors (Lipinski definition) is 0. The van der Waals surface area contributed by atoms with E-state index in [0.717, 1.165) is 32.4 Å². The third-order valence-corrected chi connectivity index (χ3v) is 5.00. The molecule has 0 fully saturated rings. The number of ether oxygens (including phenoxy) is 1. The Kier molecular flexibility index (Phi) is 4.20. The molecule has 118 valence electrons. The molecule has 0 saturated carbocycles. The Morgan fingerprint density at radius 1 is 0.917 bits per heavy atom. The predicted molar refractivity (Wildman–Crippen MR) is 101 cm³/mol. The minimum Gasteiger partial charge on any atom is -0.488 e. The average Bonchev–Trinajstić information content (AvgIpc) is 3.04. The van der Waals surface area contributed by atoms with Gasteiger partial charge in [-0.25, -0.2) is 4.98 Å². The van der Waals surface area contributed by atoms with E-state index in [1.54, 1.807) is 11.3 Å². The van der Waals surface area contributed by atoms with Crippen LogP contribution in [0.5, 0.6) is 5.75 Å². The predicted octanol–water partition coefficient (Wildman–Crippen LogP) is 6.20. The van der Waals surface area contributed by atoms with Crippen LogP contribution in [0.15, 0.2) is 72.8 Å². The van der Waals surface area contributed by atoms with Crippen molar-refractivity contribution in [2.24, 2.45) is 0 Å². The quantitative estimate of drug-likeness (QED) is 0.437. The number of aromatic nitrogens is 1. The SMILES string of the molecule is Clc1cccc(COc2ccccc2-c2nc3ccccc3s2)c1. The van der Waals surface area contributed by atoms with Crippen molar-refractivity contribution in [3.63, 3.8) is 0 Å². The maximum absolute atomic E-state index is 6.04. The Labute approximate surface area is 149 Å². The summed E-state index contributed by atoms with van der Waals surface area (Å²) in [5.41, 5.74) is 3.07. The molecule has 3 aromatic carbocycles. The second-order valence-electron chi connectivity index (χ2n) is 5.40. The van der Waals surface area contributed by atoms with Gasteiger partial charge in [-0.3, -0.25) is 0 Å². The number of hydrogen-bond acceptors (Lipinski definition) is 3. The minimum absolute atomic E-state index is 0.475.